The molecule has 1 rings (SSSR count). The summed E-state index contributed by atoms with van der Waals surface area (Å²) in [5.41, 5.74) is 6.41. The molecule has 5 heteroatoms. The number of halogens is 2. The Morgan fingerprint density at radius 1 is 1.47 bits per heavy atom. The zero-order chi connectivity index (χ0) is 11.4. The van der Waals surface area contributed by atoms with Gasteiger partial charge in [0.1, 0.15) is 0 Å². The zero-order valence-electron chi connectivity index (χ0n) is 8.26. The Bertz CT molecular complexity index is 368. The van der Waals surface area contributed by atoms with Gasteiger partial charge in [-0.25, -0.2) is 0 Å². The summed E-state index contributed by atoms with van der Waals surface area (Å²) < 4.78 is 0. The number of rotatable bonds is 4. The van der Waals surface area contributed by atoms with Crippen LogP contribution in [0.5, 0.6) is 0 Å². The van der Waals surface area contributed by atoms with Crippen LogP contribution in [0, 0.1) is 5.92 Å². The van der Waals surface area contributed by atoms with E-state index in [2.05, 4.69) is 5.32 Å². The van der Waals surface area contributed by atoms with Crippen molar-refractivity contribution >= 4 is 46.1 Å². The smallest absolute Gasteiger partial charge is 0.0773 e. The predicted octanol–water partition coefficient (Wildman–Crippen LogP) is 3.33. The Morgan fingerprint density at radius 3 is 2.67 bits per heavy atom. The molecule has 1 aromatic carbocycles. The first-order valence-electron chi connectivity index (χ1n) is 4.49. The lowest BCUT2D eigenvalue weighted by Gasteiger charge is -2.12. The highest BCUT2D eigenvalue weighted by Gasteiger charge is 2.05. The molecule has 2 nitrogen and oxygen atoms in total. The molecule has 0 aliphatic rings. The van der Waals surface area contributed by atoms with E-state index in [1.807, 2.05) is 13.0 Å². The SMILES string of the molecule is CC(CNc1ccc(Cl)c(Cl)c1)C(N)=S. The van der Waals surface area contributed by atoms with Gasteiger partial charge in [0.25, 0.3) is 0 Å². The van der Waals surface area contributed by atoms with Gasteiger partial charge in [0.05, 0.1) is 15.0 Å². The van der Waals surface area contributed by atoms with Gasteiger partial charge >= 0.3 is 0 Å². The summed E-state index contributed by atoms with van der Waals surface area (Å²) in [6.07, 6.45) is 0. The lowest BCUT2D eigenvalue weighted by Crippen LogP contribution is -2.25. The van der Waals surface area contributed by atoms with Crippen LogP contribution in [-0.2, 0) is 0 Å². The molecule has 0 radical (unpaired) electrons. The molecule has 1 unspecified atom stereocenters. The number of thiocarbonyl (C=S) groups is 1. The van der Waals surface area contributed by atoms with E-state index in [1.54, 1.807) is 12.1 Å². The van der Waals surface area contributed by atoms with Crippen molar-refractivity contribution < 1.29 is 0 Å². The molecule has 15 heavy (non-hydrogen) atoms. The quantitative estimate of drug-likeness (QED) is 0.818. The lowest BCUT2D eigenvalue weighted by atomic mass is 10.2. The molecule has 3 N–H and O–H groups in total. The van der Waals surface area contributed by atoms with Crippen molar-refractivity contribution in [2.45, 2.75) is 6.92 Å². The van der Waals surface area contributed by atoms with Crippen LogP contribution >= 0.6 is 35.4 Å². The number of nitrogens with two attached hydrogens (primary N) is 1. The summed E-state index contributed by atoms with van der Waals surface area (Å²) in [6.45, 7) is 2.65. The molecule has 0 amide bonds. The van der Waals surface area contributed by atoms with Crippen LogP contribution in [0.2, 0.25) is 10.0 Å². The number of nitrogens with one attached hydrogen (secondary N) is 1. The second-order valence-electron chi connectivity index (χ2n) is 3.31. The van der Waals surface area contributed by atoms with E-state index in [0.717, 1.165) is 5.69 Å². The Morgan fingerprint density at radius 2 is 2.13 bits per heavy atom. The summed E-state index contributed by atoms with van der Waals surface area (Å²) in [4.78, 5) is 0.502. The highest BCUT2D eigenvalue weighted by atomic mass is 35.5. The van der Waals surface area contributed by atoms with Crippen LogP contribution in [0.1, 0.15) is 6.92 Å². The van der Waals surface area contributed by atoms with Gasteiger partial charge in [-0.3, -0.25) is 0 Å². The number of anilines is 1. The minimum Gasteiger partial charge on any atom is -0.393 e. The Balaban J connectivity index is 2.58. The van der Waals surface area contributed by atoms with Crippen molar-refractivity contribution in [1.82, 2.24) is 0 Å². The van der Waals surface area contributed by atoms with Crippen molar-refractivity contribution in [2.24, 2.45) is 11.7 Å². The Hall–Kier alpha value is -0.510. The van der Waals surface area contributed by atoms with Crippen LogP contribution in [0.15, 0.2) is 18.2 Å². The Kier molecular flexibility index (Phi) is 4.64. The summed E-state index contributed by atoms with van der Waals surface area (Å²) in [7, 11) is 0. The van der Waals surface area contributed by atoms with Gasteiger partial charge < -0.3 is 11.1 Å². The van der Waals surface area contributed by atoms with E-state index >= 15 is 0 Å². The Labute approximate surface area is 105 Å². The molecule has 0 saturated heterocycles. The van der Waals surface area contributed by atoms with Gasteiger partial charge in [-0.15, -0.1) is 0 Å². The van der Waals surface area contributed by atoms with E-state index in [4.69, 9.17) is 41.2 Å². The van der Waals surface area contributed by atoms with Crippen LogP contribution in [0.4, 0.5) is 5.69 Å². The van der Waals surface area contributed by atoms with E-state index in [1.165, 1.54) is 0 Å². The molecule has 0 heterocycles. The molecule has 1 aromatic rings. The van der Waals surface area contributed by atoms with Gasteiger partial charge in [0.15, 0.2) is 0 Å². The molecule has 0 aliphatic carbocycles. The molecule has 0 bridgehead atoms. The maximum absolute atomic E-state index is 5.87. The highest BCUT2D eigenvalue weighted by molar-refractivity contribution is 7.80. The van der Waals surface area contributed by atoms with E-state index in [-0.39, 0.29) is 5.92 Å². The van der Waals surface area contributed by atoms with Crippen molar-refractivity contribution in [3.05, 3.63) is 28.2 Å². The lowest BCUT2D eigenvalue weighted by molar-refractivity contribution is 0.821. The molecule has 0 aliphatic heterocycles. The first-order valence-corrected chi connectivity index (χ1v) is 5.65. The normalized spacial score (nSPS) is 12.2. The fourth-order valence-electron chi connectivity index (χ4n) is 0.978. The van der Waals surface area contributed by atoms with Crippen molar-refractivity contribution in [2.75, 3.05) is 11.9 Å². The van der Waals surface area contributed by atoms with Crippen molar-refractivity contribution in [3.8, 4) is 0 Å². The highest BCUT2D eigenvalue weighted by Crippen LogP contribution is 2.24. The first-order chi connectivity index (χ1) is 7.00. The standard InChI is InChI=1S/C10H12Cl2N2S/c1-6(10(13)15)5-14-7-2-3-8(11)9(12)4-7/h2-4,6,14H,5H2,1H3,(H2,13,15). The zero-order valence-corrected chi connectivity index (χ0v) is 10.6. The molecular formula is C10H12Cl2N2S. The third-order valence-corrected chi connectivity index (χ3v) is 3.16. The molecule has 82 valence electrons. The van der Waals surface area contributed by atoms with E-state index in [0.29, 0.717) is 21.6 Å². The van der Waals surface area contributed by atoms with Crippen LogP contribution in [0.25, 0.3) is 0 Å². The monoisotopic (exact) mass is 262 g/mol. The van der Waals surface area contributed by atoms with Crippen molar-refractivity contribution in [1.29, 1.82) is 0 Å². The minimum absolute atomic E-state index is 0.148. The van der Waals surface area contributed by atoms with E-state index < -0.39 is 0 Å². The molecule has 0 fully saturated rings. The fraction of sp³-hybridized carbons (Fsp3) is 0.300. The summed E-state index contributed by atoms with van der Waals surface area (Å²) in [5.74, 6) is 0.148. The predicted molar refractivity (Wildman–Crippen MR) is 70.9 cm³/mol. The topological polar surface area (TPSA) is 38.0 Å². The summed E-state index contributed by atoms with van der Waals surface area (Å²) in [5, 5.41) is 4.26. The molecule has 0 spiro atoms. The second kappa shape index (κ2) is 5.54. The van der Waals surface area contributed by atoms with Gasteiger partial charge in [-0.1, -0.05) is 42.3 Å². The van der Waals surface area contributed by atoms with Crippen LogP contribution < -0.4 is 11.1 Å². The maximum Gasteiger partial charge on any atom is 0.0773 e. The number of hydrogen-bond donors (Lipinski definition) is 2. The van der Waals surface area contributed by atoms with Crippen molar-refractivity contribution in [3.63, 3.8) is 0 Å². The average Bonchev–Trinajstić information content (AvgIpc) is 2.19. The van der Waals surface area contributed by atoms with Gasteiger partial charge in [0, 0.05) is 18.2 Å². The van der Waals surface area contributed by atoms with Crippen LogP contribution in [0.3, 0.4) is 0 Å². The van der Waals surface area contributed by atoms with Gasteiger partial charge in [-0.05, 0) is 18.2 Å². The third kappa shape index (κ3) is 3.86. The fourth-order valence-corrected chi connectivity index (χ4v) is 1.36. The van der Waals surface area contributed by atoms with E-state index in [9.17, 15) is 0 Å². The maximum atomic E-state index is 5.87. The average molecular weight is 263 g/mol. The summed E-state index contributed by atoms with van der Waals surface area (Å²) in [6, 6.07) is 5.38. The number of hydrogen-bond acceptors (Lipinski definition) is 2. The molecular weight excluding hydrogens is 251 g/mol. The molecule has 0 aromatic heterocycles. The molecule has 1 atom stereocenters. The second-order valence-corrected chi connectivity index (χ2v) is 4.60. The minimum atomic E-state index is 0.148. The molecule has 0 saturated carbocycles. The largest absolute Gasteiger partial charge is 0.393 e. The van der Waals surface area contributed by atoms with Crippen LogP contribution in [-0.4, -0.2) is 11.5 Å². The number of benzene rings is 1. The third-order valence-electron chi connectivity index (χ3n) is 2.02. The van der Waals surface area contributed by atoms with Gasteiger partial charge in [-0.2, -0.15) is 0 Å². The van der Waals surface area contributed by atoms with Gasteiger partial charge in [0.2, 0.25) is 0 Å². The summed E-state index contributed by atoms with van der Waals surface area (Å²) >= 11 is 16.5. The first kappa shape index (κ1) is 12.6.